The third-order valence-electron chi connectivity index (χ3n) is 3.17. The molecule has 8 nitrogen and oxygen atoms in total. The molecule has 0 aromatic rings. The molecule has 0 unspecified atom stereocenters. The largest absolute Gasteiger partial charge is 0.379 e. The van der Waals surface area contributed by atoms with Crippen molar-refractivity contribution in [3.05, 3.63) is 0 Å². The number of hydrazine groups is 2. The van der Waals surface area contributed by atoms with Crippen molar-refractivity contribution in [2.75, 3.05) is 52.6 Å². The van der Waals surface area contributed by atoms with Crippen LogP contribution < -0.4 is 10.9 Å². The van der Waals surface area contributed by atoms with Gasteiger partial charge in [-0.2, -0.15) is 0 Å². The molecule has 2 fully saturated rings. The van der Waals surface area contributed by atoms with E-state index in [9.17, 15) is 9.59 Å². The summed E-state index contributed by atoms with van der Waals surface area (Å²) in [6.45, 7) is 5.24. The van der Waals surface area contributed by atoms with E-state index in [1.165, 1.54) is 0 Å². The van der Waals surface area contributed by atoms with Crippen molar-refractivity contribution >= 4 is 11.8 Å². The molecule has 0 aromatic carbocycles. The fraction of sp³-hybridized carbons (Fsp3) is 0.833. The maximum atomic E-state index is 11.7. The lowest BCUT2D eigenvalue weighted by Crippen LogP contribution is -2.49. The molecule has 0 saturated carbocycles. The van der Waals surface area contributed by atoms with Gasteiger partial charge in [0.05, 0.1) is 26.4 Å². The Hall–Kier alpha value is -1.22. The molecule has 114 valence electrons. The fourth-order valence-corrected chi connectivity index (χ4v) is 2.04. The minimum absolute atomic E-state index is 0.135. The van der Waals surface area contributed by atoms with E-state index in [2.05, 4.69) is 10.9 Å². The lowest BCUT2D eigenvalue weighted by atomic mass is 10.3. The van der Waals surface area contributed by atoms with Crippen LogP contribution in [0.2, 0.25) is 0 Å². The first-order valence-electron chi connectivity index (χ1n) is 6.98. The number of carbonyl (C=O) groups excluding carboxylic acids is 2. The van der Waals surface area contributed by atoms with Gasteiger partial charge in [-0.3, -0.25) is 20.4 Å². The van der Waals surface area contributed by atoms with Gasteiger partial charge in [-0.1, -0.05) is 0 Å². The van der Waals surface area contributed by atoms with Crippen molar-refractivity contribution in [1.82, 2.24) is 20.9 Å². The van der Waals surface area contributed by atoms with E-state index in [0.29, 0.717) is 52.6 Å². The lowest BCUT2D eigenvalue weighted by molar-refractivity contribution is -0.133. The zero-order valence-electron chi connectivity index (χ0n) is 11.6. The SMILES string of the molecule is O=C(CCC(=O)NN1CCOCC1)NN1CCOCC1. The van der Waals surface area contributed by atoms with E-state index in [0.717, 1.165) is 0 Å². The summed E-state index contributed by atoms with van der Waals surface area (Å²) >= 11 is 0. The number of ether oxygens (including phenoxy) is 2. The number of nitrogens with zero attached hydrogens (tertiary/aromatic N) is 2. The number of hydrogen-bond donors (Lipinski definition) is 2. The Morgan fingerprint density at radius 2 is 1.10 bits per heavy atom. The van der Waals surface area contributed by atoms with Gasteiger partial charge >= 0.3 is 0 Å². The zero-order valence-corrected chi connectivity index (χ0v) is 11.6. The number of hydrogen-bond acceptors (Lipinski definition) is 6. The first-order valence-corrected chi connectivity index (χ1v) is 6.98. The Balaban J connectivity index is 1.58. The number of morpholine rings is 2. The second kappa shape index (κ2) is 8.15. The molecule has 2 aliphatic rings. The van der Waals surface area contributed by atoms with E-state index in [1.54, 1.807) is 0 Å². The van der Waals surface area contributed by atoms with Gasteiger partial charge in [-0.25, -0.2) is 10.0 Å². The molecule has 2 saturated heterocycles. The molecule has 0 radical (unpaired) electrons. The minimum atomic E-state index is -0.135. The van der Waals surface area contributed by atoms with Crippen LogP contribution >= 0.6 is 0 Å². The smallest absolute Gasteiger partial charge is 0.234 e. The van der Waals surface area contributed by atoms with Crippen LogP contribution in [0.3, 0.4) is 0 Å². The Morgan fingerprint density at radius 3 is 1.45 bits per heavy atom. The molecule has 0 atom stereocenters. The standard InChI is InChI=1S/C12H22N4O4/c17-11(13-15-3-7-19-8-4-15)1-2-12(18)14-16-5-9-20-10-6-16/h1-10H2,(H,13,17)(H,14,18). The maximum Gasteiger partial charge on any atom is 0.234 e. The van der Waals surface area contributed by atoms with E-state index >= 15 is 0 Å². The van der Waals surface area contributed by atoms with E-state index in [-0.39, 0.29) is 24.7 Å². The van der Waals surface area contributed by atoms with Crippen molar-refractivity contribution < 1.29 is 19.1 Å². The highest BCUT2D eigenvalue weighted by Crippen LogP contribution is 1.97. The molecular weight excluding hydrogens is 264 g/mol. The lowest BCUT2D eigenvalue weighted by Gasteiger charge is -2.27. The van der Waals surface area contributed by atoms with Gasteiger partial charge < -0.3 is 9.47 Å². The highest BCUT2D eigenvalue weighted by molar-refractivity contribution is 5.83. The topological polar surface area (TPSA) is 83.1 Å². The van der Waals surface area contributed by atoms with Crippen LogP contribution in [-0.4, -0.2) is 74.4 Å². The summed E-state index contributed by atoms with van der Waals surface area (Å²) < 4.78 is 10.4. The third kappa shape index (κ3) is 5.41. The average Bonchev–Trinajstić information content (AvgIpc) is 2.47. The Morgan fingerprint density at radius 1 is 0.750 bits per heavy atom. The molecule has 2 rings (SSSR count). The van der Waals surface area contributed by atoms with Gasteiger partial charge in [0.15, 0.2) is 0 Å². The van der Waals surface area contributed by atoms with Crippen LogP contribution in [0.25, 0.3) is 0 Å². The van der Waals surface area contributed by atoms with Crippen LogP contribution in [-0.2, 0) is 19.1 Å². The molecule has 2 N–H and O–H groups in total. The molecular formula is C12H22N4O4. The van der Waals surface area contributed by atoms with E-state index in [4.69, 9.17) is 9.47 Å². The van der Waals surface area contributed by atoms with E-state index < -0.39 is 0 Å². The van der Waals surface area contributed by atoms with Crippen molar-refractivity contribution in [1.29, 1.82) is 0 Å². The second-order valence-corrected chi connectivity index (χ2v) is 4.77. The second-order valence-electron chi connectivity index (χ2n) is 4.77. The zero-order chi connectivity index (χ0) is 14.2. The normalized spacial score (nSPS) is 21.4. The van der Waals surface area contributed by atoms with Crippen LogP contribution in [0.15, 0.2) is 0 Å². The Labute approximate surface area is 118 Å². The predicted octanol–water partition coefficient (Wildman–Crippen LogP) is -1.51. The van der Waals surface area contributed by atoms with Crippen molar-refractivity contribution in [3.63, 3.8) is 0 Å². The molecule has 0 aliphatic carbocycles. The minimum Gasteiger partial charge on any atom is -0.379 e. The first kappa shape index (κ1) is 15.2. The highest BCUT2D eigenvalue weighted by atomic mass is 16.5. The highest BCUT2D eigenvalue weighted by Gasteiger charge is 2.16. The van der Waals surface area contributed by atoms with Gasteiger partial charge in [0.25, 0.3) is 0 Å². The van der Waals surface area contributed by atoms with Crippen LogP contribution in [0.1, 0.15) is 12.8 Å². The summed E-state index contributed by atoms with van der Waals surface area (Å²) in [5.74, 6) is -0.270. The third-order valence-corrected chi connectivity index (χ3v) is 3.17. The first-order chi connectivity index (χ1) is 9.74. The molecule has 8 heteroatoms. The average molecular weight is 286 g/mol. The summed E-state index contributed by atoms with van der Waals surface area (Å²) in [6, 6.07) is 0. The van der Waals surface area contributed by atoms with Gasteiger partial charge in [0.2, 0.25) is 11.8 Å². The molecule has 0 aromatic heterocycles. The molecule has 0 bridgehead atoms. The van der Waals surface area contributed by atoms with Crippen LogP contribution in [0.4, 0.5) is 0 Å². The van der Waals surface area contributed by atoms with Crippen molar-refractivity contribution in [2.45, 2.75) is 12.8 Å². The van der Waals surface area contributed by atoms with Crippen LogP contribution in [0, 0.1) is 0 Å². The summed E-state index contributed by atoms with van der Waals surface area (Å²) in [4.78, 5) is 23.4. The van der Waals surface area contributed by atoms with Gasteiger partial charge in [-0.05, 0) is 0 Å². The Kier molecular flexibility index (Phi) is 6.19. The maximum absolute atomic E-state index is 11.7. The van der Waals surface area contributed by atoms with E-state index in [1.807, 2.05) is 10.0 Å². The summed E-state index contributed by atoms with van der Waals surface area (Å²) in [5, 5.41) is 3.65. The number of amides is 2. The molecule has 2 aliphatic heterocycles. The Bertz CT molecular complexity index is 295. The van der Waals surface area contributed by atoms with Gasteiger partial charge in [-0.15, -0.1) is 0 Å². The van der Waals surface area contributed by atoms with Crippen LogP contribution in [0.5, 0.6) is 0 Å². The quantitative estimate of drug-likeness (QED) is 0.639. The number of nitrogens with one attached hydrogen (secondary N) is 2. The molecule has 2 amide bonds. The number of rotatable bonds is 5. The number of carbonyl (C=O) groups is 2. The fourth-order valence-electron chi connectivity index (χ4n) is 2.04. The monoisotopic (exact) mass is 286 g/mol. The van der Waals surface area contributed by atoms with Gasteiger partial charge in [0, 0.05) is 39.0 Å². The summed E-state index contributed by atoms with van der Waals surface area (Å²) in [5.41, 5.74) is 5.56. The molecule has 0 spiro atoms. The molecule has 20 heavy (non-hydrogen) atoms. The predicted molar refractivity (Wildman–Crippen MR) is 70.3 cm³/mol. The molecule has 2 heterocycles. The van der Waals surface area contributed by atoms with Gasteiger partial charge in [0.1, 0.15) is 0 Å². The summed E-state index contributed by atoms with van der Waals surface area (Å²) in [7, 11) is 0. The van der Waals surface area contributed by atoms with Crippen molar-refractivity contribution in [3.8, 4) is 0 Å². The summed E-state index contributed by atoms with van der Waals surface area (Å²) in [6.07, 6.45) is 0.376. The van der Waals surface area contributed by atoms with Crippen molar-refractivity contribution in [2.24, 2.45) is 0 Å².